The van der Waals surface area contributed by atoms with Gasteiger partial charge >= 0.3 is 0 Å². The highest BCUT2D eigenvalue weighted by Gasteiger charge is 2.21. The van der Waals surface area contributed by atoms with E-state index in [-0.39, 0.29) is 13.1 Å². The predicted molar refractivity (Wildman–Crippen MR) is 76.4 cm³/mol. The number of benzene rings is 1. The Morgan fingerprint density at radius 1 is 1.15 bits per heavy atom. The molecule has 0 amide bonds. The summed E-state index contributed by atoms with van der Waals surface area (Å²) in [4.78, 5) is 10.1. The zero-order valence-corrected chi connectivity index (χ0v) is 12.4. The minimum Gasteiger partial charge on any atom is -0.437 e. The third-order valence-corrected chi connectivity index (χ3v) is 2.77. The molecule has 2 atom stereocenters. The molecule has 0 spiro atoms. The first-order valence-corrected chi connectivity index (χ1v) is 6.39. The third-order valence-electron chi connectivity index (χ3n) is 2.77. The van der Waals surface area contributed by atoms with Crippen molar-refractivity contribution in [3.05, 3.63) is 35.4 Å². The number of rotatable bonds is 6. The number of carbonyl (C=O) groups excluding carboxylic acids is 1. The molecule has 20 heavy (non-hydrogen) atoms. The standard InChI is InChI=1S/C13H18O4.C2H6O/c1-9(2)10-3-5-11(6-4-10)12(7-14)13(16)17-8-15;1-3-2/h3-6,8-9,12-14,16H,7H2,1-2H3;1-2H3. The van der Waals surface area contributed by atoms with E-state index in [9.17, 15) is 15.0 Å². The van der Waals surface area contributed by atoms with E-state index >= 15 is 0 Å². The van der Waals surface area contributed by atoms with Gasteiger partial charge in [-0.1, -0.05) is 38.1 Å². The van der Waals surface area contributed by atoms with E-state index in [2.05, 4.69) is 23.3 Å². The van der Waals surface area contributed by atoms with Gasteiger partial charge in [-0.3, -0.25) is 4.79 Å². The molecule has 1 rings (SSSR count). The Morgan fingerprint density at radius 2 is 1.60 bits per heavy atom. The molecule has 0 aliphatic heterocycles. The van der Waals surface area contributed by atoms with Gasteiger partial charge in [0.15, 0.2) is 0 Å². The molecule has 5 heteroatoms. The molecule has 5 nitrogen and oxygen atoms in total. The van der Waals surface area contributed by atoms with Gasteiger partial charge in [-0.2, -0.15) is 0 Å². The lowest BCUT2D eigenvalue weighted by molar-refractivity contribution is -0.157. The molecular formula is C15H24O5. The van der Waals surface area contributed by atoms with Crippen molar-refractivity contribution >= 4 is 6.47 Å². The SMILES string of the molecule is CC(C)c1ccc(C(CO)C(O)OC=O)cc1.COC. The Bertz CT molecular complexity index is 361. The lowest BCUT2D eigenvalue weighted by Crippen LogP contribution is -2.24. The quantitative estimate of drug-likeness (QED) is 0.613. The molecule has 0 heterocycles. The van der Waals surface area contributed by atoms with Crippen LogP contribution in [0.25, 0.3) is 0 Å². The van der Waals surface area contributed by atoms with Gasteiger partial charge < -0.3 is 19.7 Å². The molecular weight excluding hydrogens is 260 g/mol. The summed E-state index contributed by atoms with van der Waals surface area (Å²) in [6.07, 6.45) is -1.32. The number of aliphatic hydroxyl groups is 2. The Labute approximate surface area is 120 Å². The van der Waals surface area contributed by atoms with Crippen LogP contribution in [-0.4, -0.2) is 43.8 Å². The number of aliphatic hydroxyl groups excluding tert-OH is 2. The van der Waals surface area contributed by atoms with Crippen molar-refractivity contribution in [2.45, 2.75) is 32.0 Å². The second-order valence-corrected chi connectivity index (χ2v) is 4.64. The van der Waals surface area contributed by atoms with Crippen molar-refractivity contribution in [2.24, 2.45) is 0 Å². The topological polar surface area (TPSA) is 76.0 Å². The third kappa shape index (κ3) is 6.14. The average Bonchev–Trinajstić information content (AvgIpc) is 2.41. The molecule has 0 saturated carbocycles. The van der Waals surface area contributed by atoms with E-state index in [0.29, 0.717) is 5.92 Å². The van der Waals surface area contributed by atoms with E-state index < -0.39 is 12.2 Å². The number of ether oxygens (including phenoxy) is 2. The van der Waals surface area contributed by atoms with E-state index in [0.717, 1.165) is 5.56 Å². The highest BCUT2D eigenvalue weighted by molar-refractivity contribution is 5.38. The van der Waals surface area contributed by atoms with Crippen molar-refractivity contribution < 1.29 is 24.5 Å². The molecule has 0 bridgehead atoms. The number of carbonyl (C=O) groups is 1. The Balaban J connectivity index is 0.00000110. The van der Waals surface area contributed by atoms with Crippen LogP contribution in [0.1, 0.15) is 36.8 Å². The number of hydrogen-bond acceptors (Lipinski definition) is 5. The second kappa shape index (κ2) is 10.4. The highest BCUT2D eigenvalue weighted by Crippen LogP contribution is 2.22. The van der Waals surface area contributed by atoms with E-state index in [1.165, 1.54) is 5.56 Å². The van der Waals surface area contributed by atoms with Gasteiger partial charge in [-0.25, -0.2) is 0 Å². The summed E-state index contributed by atoms with van der Waals surface area (Å²) in [5.74, 6) is -0.186. The maximum Gasteiger partial charge on any atom is 0.295 e. The summed E-state index contributed by atoms with van der Waals surface area (Å²) in [5, 5.41) is 18.7. The number of methoxy groups -OCH3 is 1. The fourth-order valence-corrected chi connectivity index (χ4v) is 1.64. The first kappa shape index (κ1) is 18.6. The molecule has 2 N–H and O–H groups in total. The van der Waals surface area contributed by atoms with E-state index in [1.807, 2.05) is 24.3 Å². The molecule has 2 unspecified atom stereocenters. The molecule has 0 aliphatic rings. The first-order valence-electron chi connectivity index (χ1n) is 6.39. The molecule has 0 radical (unpaired) electrons. The van der Waals surface area contributed by atoms with Crippen molar-refractivity contribution in [1.29, 1.82) is 0 Å². The van der Waals surface area contributed by atoms with Gasteiger partial charge in [0.1, 0.15) is 0 Å². The molecule has 0 saturated heterocycles. The van der Waals surface area contributed by atoms with E-state index in [4.69, 9.17) is 0 Å². The molecule has 1 aromatic carbocycles. The van der Waals surface area contributed by atoms with Crippen LogP contribution in [0.15, 0.2) is 24.3 Å². The van der Waals surface area contributed by atoms with Gasteiger partial charge in [0.2, 0.25) is 6.29 Å². The van der Waals surface area contributed by atoms with Gasteiger partial charge in [-0.15, -0.1) is 0 Å². The Kier molecular flexibility index (Phi) is 9.63. The lowest BCUT2D eigenvalue weighted by atomic mass is 9.95. The van der Waals surface area contributed by atoms with Crippen LogP contribution in [0, 0.1) is 0 Å². The lowest BCUT2D eigenvalue weighted by Gasteiger charge is -2.20. The smallest absolute Gasteiger partial charge is 0.295 e. The zero-order valence-electron chi connectivity index (χ0n) is 12.4. The van der Waals surface area contributed by atoms with Crippen LogP contribution in [0.3, 0.4) is 0 Å². The zero-order chi connectivity index (χ0) is 15.5. The monoisotopic (exact) mass is 284 g/mol. The van der Waals surface area contributed by atoms with Gasteiger partial charge in [0.25, 0.3) is 6.47 Å². The predicted octanol–water partition coefficient (Wildman–Crippen LogP) is 1.64. The molecule has 0 fully saturated rings. The summed E-state index contributed by atoms with van der Waals surface area (Å²) in [7, 11) is 3.25. The van der Waals surface area contributed by atoms with Crippen molar-refractivity contribution in [1.82, 2.24) is 0 Å². The summed E-state index contributed by atoms with van der Waals surface area (Å²) in [5.41, 5.74) is 1.92. The average molecular weight is 284 g/mol. The summed E-state index contributed by atoms with van der Waals surface area (Å²) in [6.45, 7) is 4.07. The molecule has 114 valence electrons. The Morgan fingerprint density at radius 3 is 1.95 bits per heavy atom. The van der Waals surface area contributed by atoms with Crippen molar-refractivity contribution in [2.75, 3.05) is 20.8 Å². The number of hydrogen-bond donors (Lipinski definition) is 2. The van der Waals surface area contributed by atoms with E-state index in [1.54, 1.807) is 14.2 Å². The van der Waals surface area contributed by atoms with Crippen molar-refractivity contribution in [3.8, 4) is 0 Å². The van der Waals surface area contributed by atoms with Gasteiger partial charge in [0.05, 0.1) is 12.5 Å². The summed E-state index contributed by atoms with van der Waals surface area (Å²) >= 11 is 0. The van der Waals surface area contributed by atoms with Gasteiger partial charge in [-0.05, 0) is 17.0 Å². The van der Waals surface area contributed by atoms with Crippen LogP contribution >= 0.6 is 0 Å². The molecule has 0 aromatic heterocycles. The normalized spacial score (nSPS) is 13.2. The van der Waals surface area contributed by atoms with Crippen LogP contribution in [-0.2, 0) is 14.3 Å². The van der Waals surface area contributed by atoms with Crippen molar-refractivity contribution in [3.63, 3.8) is 0 Å². The minimum absolute atomic E-state index is 0.176. The second-order valence-electron chi connectivity index (χ2n) is 4.64. The highest BCUT2D eigenvalue weighted by atomic mass is 16.6. The largest absolute Gasteiger partial charge is 0.437 e. The fraction of sp³-hybridized carbons (Fsp3) is 0.533. The Hall–Kier alpha value is -1.43. The summed E-state index contributed by atoms with van der Waals surface area (Å²) < 4.78 is 8.69. The molecule has 0 aliphatic carbocycles. The van der Waals surface area contributed by atoms with Crippen LogP contribution in [0.5, 0.6) is 0 Å². The van der Waals surface area contributed by atoms with Gasteiger partial charge in [0, 0.05) is 14.2 Å². The van der Waals surface area contributed by atoms with Crippen LogP contribution in [0.4, 0.5) is 0 Å². The first-order chi connectivity index (χ1) is 9.51. The fourth-order valence-electron chi connectivity index (χ4n) is 1.64. The maximum absolute atomic E-state index is 10.1. The van der Waals surface area contributed by atoms with Crippen LogP contribution in [0.2, 0.25) is 0 Å². The van der Waals surface area contributed by atoms with Crippen LogP contribution < -0.4 is 0 Å². The minimum atomic E-state index is -1.32. The maximum atomic E-state index is 10.1. The molecule has 1 aromatic rings. The summed E-state index contributed by atoms with van der Waals surface area (Å²) in [6, 6.07) is 7.54.